The molecule has 0 radical (unpaired) electrons. The lowest BCUT2D eigenvalue weighted by atomic mass is 10.3. The molecule has 1 heterocycles. The zero-order valence-electron chi connectivity index (χ0n) is 9.22. The molecule has 18 heavy (non-hydrogen) atoms. The third-order valence-electron chi connectivity index (χ3n) is 2.10. The Bertz CT molecular complexity index is 577. The van der Waals surface area contributed by atoms with E-state index in [0.717, 1.165) is 0 Å². The zero-order chi connectivity index (χ0) is 13.1. The summed E-state index contributed by atoms with van der Waals surface area (Å²) in [6.45, 7) is 0. The lowest BCUT2D eigenvalue weighted by molar-refractivity contribution is 0.258. The highest BCUT2D eigenvalue weighted by Gasteiger charge is 2.16. The van der Waals surface area contributed by atoms with Crippen LogP contribution in [0.1, 0.15) is 0 Å². The average Bonchev–Trinajstić information content (AvgIpc) is 2.78. The van der Waals surface area contributed by atoms with Crippen LogP contribution in [-0.2, 0) is 0 Å². The van der Waals surface area contributed by atoms with Gasteiger partial charge in [-0.05, 0) is 28.1 Å². The van der Waals surface area contributed by atoms with Gasteiger partial charge in [-0.3, -0.25) is 4.90 Å². The number of amides is 2. The molecule has 0 unspecified atom stereocenters. The van der Waals surface area contributed by atoms with E-state index >= 15 is 0 Å². The molecule has 5 nitrogen and oxygen atoms in total. The summed E-state index contributed by atoms with van der Waals surface area (Å²) in [6, 6.07) is 6.70. The first-order valence-electron chi connectivity index (χ1n) is 4.86. The molecule has 0 aliphatic carbocycles. The topological polar surface area (TPSA) is 58.1 Å². The van der Waals surface area contributed by atoms with Crippen LogP contribution in [0.25, 0.3) is 0 Å². The van der Waals surface area contributed by atoms with Crippen LogP contribution in [0.5, 0.6) is 0 Å². The van der Waals surface area contributed by atoms with Crippen LogP contribution in [0.15, 0.2) is 28.2 Å². The lowest BCUT2D eigenvalue weighted by Gasteiger charge is -2.14. The highest BCUT2D eigenvalue weighted by molar-refractivity contribution is 9.11. The molecule has 0 saturated carbocycles. The van der Waals surface area contributed by atoms with Gasteiger partial charge in [0.05, 0.1) is 10.7 Å². The molecule has 2 amide bonds. The maximum atomic E-state index is 12.0. The summed E-state index contributed by atoms with van der Waals surface area (Å²) in [5.74, 6) is 0. The minimum atomic E-state index is -0.327. The Balaban J connectivity index is 2.11. The third-order valence-corrected chi connectivity index (χ3v) is 3.86. The Morgan fingerprint density at radius 3 is 2.78 bits per heavy atom. The predicted octanol–water partition coefficient (Wildman–Crippen LogP) is 3.62. The fraction of sp³-hybridized carbons (Fsp3) is 0.100. The van der Waals surface area contributed by atoms with Crippen LogP contribution in [0.3, 0.4) is 0 Å². The van der Waals surface area contributed by atoms with Crippen LogP contribution in [0.4, 0.5) is 15.6 Å². The van der Waals surface area contributed by atoms with E-state index in [-0.39, 0.29) is 6.03 Å². The first kappa shape index (κ1) is 13.3. The summed E-state index contributed by atoms with van der Waals surface area (Å²) >= 11 is 10.4. The molecule has 0 saturated heterocycles. The monoisotopic (exact) mass is 346 g/mol. The second-order valence-electron chi connectivity index (χ2n) is 3.31. The molecule has 94 valence electrons. The number of carbonyl (C=O) groups excluding carboxylic acids is 1. The summed E-state index contributed by atoms with van der Waals surface area (Å²) in [4.78, 5) is 13.3. The van der Waals surface area contributed by atoms with Crippen molar-refractivity contribution < 1.29 is 4.79 Å². The summed E-state index contributed by atoms with van der Waals surface area (Å²) in [5, 5.41) is 11.3. The minimum Gasteiger partial charge on any atom is -0.306 e. The Hall–Kier alpha value is -1.18. The van der Waals surface area contributed by atoms with Crippen LogP contribution in [-0.4, -0.2) is 23.3 Å². The van der Waals surface area contributed by atoms with Gasteiger partial charge in [-0.1, -0.05) is 35.1 Å². The second kappa shape index (κ2) is 5.64. The molecular formula is C10H8BrClN4OS. The number of aromatic nitrogens is 2. The average molecular weight is 348 g/mol. The van der Waals surface area contributed by atoms with E-state index in [1.807, 2.05) is 0 Å². The third kappa shape index (κ3) is 2.98. The predicted molar refractivity (Wildman–Crippen MR) is 76.5 cm³/mol. The van der Waals surface area contributed by atoms with E-state index in [9.17, 15) is 4.79 Å². The van der Waals surface area contributed by atoms with Crippen molar-refractivity contribution in [3.05, 3.63) is 33.2 Å². The standard InChI is InChI=1S/C10H8BrClN4OS/c1-16(10-15-14-8(11)18-10)9(17)13-7-5-3-2-4-6(7)12/h2-5H,1H3,(H,13,17). The molecule has 0 fully saturated rings. The van der Waals surface area contributed by atoms with Crippen LogP contribution in [0, 0.1) is 0 Å². The molecule has 1 aromatic heterocycles. The van der Waals surface area contributed by atoms with Gasteiger partial charge in [-0.15, -0.1) is 10.2 Å². The van der Waals surface area contributed by atoms with Crippen molar-refractivity contribution in [2.45, 2.75) is 0 Å². The van der Waals surface area contributed by atoms with Crippen LogP contribution < -0.4 is 10.2 Å². The minimum absolute atomic E-state index is 0.327. The first-order valence-corrected chi connectivity index (χ1v) is 6.85. The number of halogens is 2. The highest BCUT2D eigenvalue weighted by Crippen LogP contribution is 2.25. The quantitative estimate of drug-likeness (QED) is 0.902. The first-order chi connectivity index (χ1) is 8.58. The van der Waals surface area contributed by atoms with E-state index < -0.39 is 0 Å². The lowest BCUT2D eigenvalue weighted by Crippen LogP contribution is -2.31. The fourth-order valence-electron chi connectivity index (χ4n) is 1.18. The maximum absolute atomic E-state index is 12.0. The van der Waals surface area contributed by atoms with Gasteiger partial charge in [0, 0.05) is 7.05 Å². The molecule has 8 heteroatoms. The van der Waals surface area contributed by atoms with Crippen molar-refractivity contribution in [1.82, 2.24) is 10.2 Å². The van der Waals surface area contributed by atoms with Gasteiger partial charge in [0.1, 0.15) is 0 Å². The number of urea groups is 1. The van der Waals surface area contributed by atoms with Gasteiger partial charge in [0.2, 0.25) is 5.13 Å². The molecule has 1 aromatic carbocycles. The number of para-hydroxylation sites is 1. The van der Waals surface area contributed by atoms with Crippen molar-refractivity contribution in [2.24, 2.45) is 0 Å². The fourth-order valence-corrected chi connectivity index (χ4v) is 2.41. The highest BCUT2D eigenvalue weighted by atomic mass is 79.9. The number of rotatable bonds is 2. The SMILES string of the molecule is CN(C(=O)Nc1ccccc1Cl)c1nnc(Br)s1. The van der Waals surface area contributed by atoms with E-state index in [2.05, 4.69) is 31.4 Å². The Morgan fingerprint density at radius 2 is 2.17 bits per heavy atom. The number of nitrogens with one attached hydrogen (secondary N) is 1. The van der Waals surface area contributed by atoms with Crippen molar-refractivity contribution >= 4 is 55.7 Å². The number of hydrogen-bond donors (Lipinski definition) is 1. The van der Waals surface area contributed by atoms with Gasteiger partial charge < -0.3 is 5.32 Å². The van der Waals surface area contributed by atoms with Gasteiger partial charge in [0.25, 0.3) is 0 Å². The van der Waals surface area contributed by atoms with Crippen LogP contribution >= 0.6 is 38.9 Å². The van der Waals surface area contributed by atoms with Gasteiger partial charge in [-0.2, -0.15) is 0 Å². The van der Waals surface area contributed by atoms with Crippen molar-refractivity contribution in [2.75, 3.05) is 17.3 Å². The van der Waals surface area contributed by atoms with Gasteiger partial charge in [0.15, 0.2) is 3.92 Å². The number of nitrogens with zero attached hydrogens (tertiary/aromatic N) is 3. The molecule has 2 aromatic rings. The largest absolute Gasteiger partial charge is 0.327 e. The Morgan fingerprint density at radius 1 is 1.44 bits per heavy atom. The number of anilines is 2. The molecular weight excluding hydrogens is 340 g/mol. The van der Waals surface area contributed by atoms with E-state index in [1.165, 1.54) is 16.2 Å². The number of carbonyl (C=O) groups is 1. The molecule has 0 aliphatic heterocycles. The summed E-state index contributed by atoms with van der Waals surface area (Å²) in [6.07, 6.45) is 0. The normalized spacial score (nSPS) is 10.2. The number of hydrogen-bond acceptors (Lipinski definition) is 4. The van der Waals surface area contributed by atoms with Crippen molar-refractivity contribution in [1.29, 1.82) is 0 Å². The molecule has 2 rings (SSSR count). The molecule has 1 N–H and O–H groups in total. The molecule has 0 spiro atoms. The number of benzene rings is 1. The second-order valence-corrected chi connectivity index (χ2v) is 5.95. The van der Waals surface area contributed by atoms with Crippen molar-refractivity contribution in [3.8, 4) is 0 Å². The summed E-state index contributed by atoms with van der Waals surface area (Å²) in [5.41, 5.74) is 0.555. The van der Waals surface area contributed by atoms with Gasteiger partial charge in [-0.25, -0.2) is 4.79 Å². The maximum Gasteiger partial charge on any atom is 0.327 e. The zero-order valence-corrected chi connectivity index (χ0v) is 12.4. The molecule has 0 bridgehead atoms. The van der Waals surface area contributed by atoms with E-state index in [0.29, 0.717) is 19.8 Å². The van der Waals surface area contributed by atoms with Crippen LogP contribution in [0.2, 0.25) is 5.02 Å². The molecule has 0 aliphatic rings. The molecule has 0 atom stereocenters. The Labute approximate surface area is 121 Å². The Kier molecular flexibility index (Phi) is 4.15. The van der Waals surface area contributed by atoms with Gasteiger partial charge >= 0.3 is 6.03 Å². The summed E-state index contributed by atoms with van der Waals surface area (Å²) < 4.78 is 0.620. The smallest absolute Gasteiger partial charge is 0.306 e. The van der Waals surface area contributed by atoms with E-state index in [1.54, 1.807) is 31.3 Å². The van der Waals surface area contributed by atoms with Crippen molar-refractivity contribution in [3.63, 3.8) is 0 Å². The summed E-state index contributed by atoms with van der Waals surface area (Å²) in [7, 11) is 1.61. The van der Waals surface area contributed by atoms with E-state index in [4.69, 9.17) is 11.6 Å².